The molecule has 1 amide bonds. The van der Waals surface area contributed by atoms with E-state index in [0.717, 1.165) is 69.3 Å². The fraction of sp³-hybridized carbons (Fsp3) is 0.600. The number of guanidine groups is 1. The van der Waals surface area contributed by atoms with Gasteiger partial charge in [0.15, 0.2) is 11.6 Å². The number of hydrogen-bond donors (Lipinski definition) is 2. The molecule has 152 valence electrons. The average molecular weight is 386 g/mol. The molecule has 28 heavy (non-hydrogen) atoms. The van der Waals surface area contributed by atoms with Gasteiger partial charge in [0, 0.05) is 52.3 Å². The zero-order chi connectivity index (χ0) is 19.8. The van der Waals surface area contributed by atoms with Gasteiger partial charge < -0.3 is 15.5 Å². The van der Waals surface area contributed by atoms with Crippen molar-refractivity contribution in [1.82, 2.24) is 30.1 Å². The minimum Gasteiger partial charge on any atom is -0.359 e. The van der Waals surface area contributed by atoms with Crippen molar-refractivity contribution in [2.24, 2.45) is 10.9 Å². The molecule has 0 saturated carbocycles. The second-order valence-electron chi connectivity index (χ2n) is 7.19. The van der Waals surface area contributed by atoms with E-state index in [1.807, 2.05) is 28.8 Å². The molecule has 0 atom stereocenters. The quantitative estimate of drug-likeness (QED) is 0.428. The summed E-state index contributed by atoms with van der Waals surface area (Å²) < 4.78 is 2.03. The van der Waals surface area contributed by atoms with Crippen LogP contribution in [-0.2, 0) is 11.2 Å². The summed E-state index contributed by atoms with van der Waals surface area (Å²) in [7, 11) is 1.70. The number of pyridine rings is 1. The number of amides is 1. The number of likely N-dealkylation sites (tertiary alicyclic amines) is 1. The van der Waals surface area contributed by atoms with Gasteiger partial charge in [-0.1, -0.05) is 6.07 Å². The van der Waals surface area contributed by atoms with E-state index in [1.165, 1.54) is 0 Å². The van der Waals surface area contributed by atoms with Crippen molar-refractivity contribution in [3.8, 4) is 0 Å². The molecule has 2 aromatic rings. The Morgan fingerprint density at radius 3 is 2.86 bits per heavy atom. The van der Waals surface area contributed by atoms with E-state index >= 15 is 0 Å². The lowest BCUT2D eigenvalue weighted by Crippen LogP contribution is -2.46. The Kier molecular flexibility index (Phi) is 7.22. The van der Waals surface area contributed by atoms with Crippen LogP contribution in [-0.4, -0.2) is 64.6 Å². The van der Waals surface area contributed by atoms with Crippen LogP contribution in [0, 0.1) is 5.92 Å². The van der Waals surface area contributed by atoms with Crippen molar-refractivity contribution < 1.29 is 4.79 Å². The molecule has 3 heterocycles. The molecule has 8 nitrogen and oxygen atoms in total. The highest BCUT2D eigenvalue weighted by atomic mass is 16.1. The Bertz CT molecular complexity index is 793. The van der Waals surface area contributed by atoms with E-state index < -0.39 is 0 Å². The first kappa shape index (κ1) is 20.1. The minimum atomic E-state index is 0.139. The molecular weight excluding hydrogens is 354 g/mol. The highest BCUT2D eigenvalue weighted by Gasteiger charge is 2.23. The van der Waals surface area contributed by atoms with Gasteiger partial charge in [-0.25, -0.2) is 0 Å². The summed E-state index contributed by atoms with van der Waals surface area (Å²) in [5.74, 6) is 2.57. The number of nitrogens with one attached hydrogen (secondary N) is 2. The van der Waals surface area contributed by atoms with Gasteiger partial charge in [0.25, 0.3) is 0 Å². The maximum Gasteiger partial charge on any atom is 0.220 e. The Labute approximate surface area is 166 Å². The maximum atomic E-state index is 11.6. The van der Waals surface area contributed by atoms with E-state index in [4.69, 9.17) is 4.99 Å². The number of piperidine rings is 1. The minimum absolute atomic E-state index is 0.139. The van der Waals surface area contributed by atoms with Crippen LogP contribution in [0.25, 0.3) is 5.65 Å². The van der Waals surface area contributed by atoms with E-state index in [1.54, 1.807) is 7.05 Å². The second-order valence-corrected chi connectivity index (χ2v) is 7.19. The van der Waals surface area contributed by atoms with Gasteiger partial charge in [0.2, 0.25) is 5.91 Å². The Balaban J connectivity index is 1.49. The van der Waals surface area contributed by atoms with Crippen molar-refractivity contribution in [1.29, 1.82) is 0 Å². The van der Waals surface area contributed by atoms with Gasteiger partial charge in [0.05, 0.1) is 0 Å². The topological polar surface area (TPSA) is 86.9 Å². The third-order valence-electron chi connectivity index (χ3n) is 5.21. The highest BCUT2D eigenvalue weighted by molar-refractivity contribution is 5.80. The van der Waals surface area contributed by atoms with E-state index in [9.17, 15) is 4.79 Å². The molecule has 0 aromatic carbocycles. The van der Waals surface area contributed by atoms with Crippen LogP contribution in [0.2, 0.25) is 0 Å². The zero-order valence-electron chi connectivity index (χ0n) is 16.9. The van der Waals surface area contributed by atoms with E-state index in [2.05, 4.69) is 32.7 Å². The molecule has 2 N–H and O–H groups in total. The summed E-state index contributed by atoms with van der Waals surface area (Å²) in [5, 5.41) is 14.6. The number of aliphatic imine (C=N–C) groups is 1. The predicted molar refractivity (Wildman–Crippen MR) is 110 cm³/mol. The van der Waals surface area contributed by atoms with E-state index in [-0.39, 0.29) is 5.91 Å². The molecule has 0 radical (unpaired) electrons. The number of carbonyl (C=O) groups is 1. The SMILES string of the molecule is CCNC(=NCCCc1nnc2ccccn12)N1CCC(CC(=O)NC)CC1. The van der Waals surface area contributed by atoms with Crippen LogP contribution in [0.5, 0.6) is 0 Å². The zero-order valence-corrected chi connectivity index (χ0v) is 16.9. The van der Waals surface area contributed by atoms with Crippen molar-refractivity contribution in [3.63, 3.8) is 0 Å². The Hall–Kier alpha value is -2.64. The molecule has 2 aromatic heterocycles. The largest absolute Gasteiger partial charge is 0.359 e. The van der Waals surface area contributed by atoms with Gasteiger partial charge in [-0.15, -0.1) is 10.2 Å². The van der Waals surface area contributed by atoms with Crippen molar-refractivity contribution in [2.75, 3.05) is 33.2 Å². The fourth-order valence-corrected chi connectivity index (χ4v) is 3.62. The third-order valence-corrected chi connectivity index (χ3v) is 5.21. The number of rotatable bonds is 7. The van der Waals surface area contributed by atoms with Gasteiger partial charge >= 0.3 is 0 Å². The van der Waals surface area contributed by atoms with Crippen molar-refractivity contribution >= 4 is 17.5 Å². The lowest BCUT2D eigenvalue weighted by Gasteiger charge is -2.34. The standard InChI is InChI=1S/C20H31N7O/c1-3-22-20(26-13-9-16(10-14-26)15-19(28)21-2)23-11-6-8-18-25-24-17-7-4-5-12-27(17)18/h4-5,7,12,16H,3,6,8-11,13-15H2,1-2H3,(H,21,28)(H,22,23). The number of aromatic nitrogens is 3. The first-order chi connectivity index (χ1) is 13.7. The molecule has 8 heteroatoms. The predicted octanol–water partition coefficient (Wildman–Crippen LogP) is 1.48. The summed E-state index contributed by atoms with van der Waals surface area (Å²) in [4.78, 5) is 18.7. The molecule has 3 rings (SSSR count). The van der Waals surface area contributed by atoms with Crippen LogP contribution in [0.4, 0.5) is 0 Å². The average Bonchev–Trinajstić information content (AvgIpc) is 3.14. The van der Waals surface area contributed by atoms with Crippen molar-refractivity contribution in [3.05, 3.63) is 30.2 Å². The van der Waals surface area contributed by atoms with Gasteiger partial charge in [0.1, 0.15) is 5.82 Å². The number of hydrogen-bond acceptors (Lipinski definition) is 4. The van der Waals surface area contributed by atoms with Crippen LogP contribution < -0.4 is 10.6 Å². The molecular formula is C20H31N7O. The van der Waals surface area contributed by atoms with Crippen LogP contribution in [0.15, 0.2) is 29.4 Å². The second kappa shape index (κ2) is 10.1. The van der Waals surface area contributed by atoms with Gasteiger partial charge in [-0.3, -0.25) is 14.2 Å². The molecule has 0 unspecified atom stereocenters. The first-order valence-corrected chi connectivity index (χ1v) is 10.2. The summed E-state index contributed by atoms with van der Waals surface area (Å²) in [6, 6.07) is 5.93. The maximum absolute atomic E-state index is 11.6. The Morgan fingerprint density at radius 1 is 1.29 bits per heavy atom. The molecule has 0 spiro atoms. The summed E-state index contributed by atoms with van der Waals surface area (Å²) >= 11 is 0. The lowest BCUT2D eigenvalue weighted by molar-refractivity contribution is -0.121. The molecule has 1 aliphatic heterocycles. The highest BCUT2D eigenvalue weighted by Crippen LogP contribution is 2.20. The molecule has 0 bridgehead atoms. The van der Waals surface area contributed by atoms with Crippen LogP contribution in [0.3, 0.4) is 0 Å². The van der Waals surface area contributed by atoms with Crippen molar-refractivity contribution in [2.45, 2.75) is 39.0 Å². The normalized spacial score (nSPS) is 15.8. The van der Waals surface area contributed by atoms with Crippen LogP contribution >= 0.6 is 0 Å². The fourth-order valence-electron chi connectivity index (χ4n) is 3.62. The monoisotopic (exact) mass is 385 g/mol. The Morgan fingerprint density at radius 2 is 2.11 bits per heavy atom. The first-order valence-electron chi connectivity index (χ1n) is 10.2. The number of nitrogens with zero attached hydrogens (tertiary/aromatic N) is 5. The lowest BCUT2D eigenvalue weighted by atomic mass is 9.93. The smallest absolute Gasteiger partial charge is 0.220 e. The molecule has 1 saturated heterocycles. The van der Waals surface area contributed by atoms with E-state index in [0.29, 0.717) is 12.3 Å². The molecule has 0 aliphatic carbocycles. The molecule has 1 fully saturated rings. The number of aryl methyl sites for hydroxylation is 1. The summed E-state index contributed by atoms with van der Waals surface area (Å²) in [6.45, 7) is 5.59. The summed E-state index contributed by atoms with van der Waals surface area (Å²) in [6.07, 6.45) is 6.47. The third kappa shape index (κ3) is 5.21. The van der Waals surface area contributed by atoms with Gasteiger partial charge in [-0.2, -0.15) is 0 Å². The van der Waals surface area contributed by atoms with Crippen LogP contribution in [0.1, 0.15) is 38.4 Å². The molecule has 1 aliphatic rings. The number of fused-ring (bicyclic) bond motifs is 1. The summed E-state index contributed by atoms with van der Waals surface area (Å²) in [5.41, 5.74) is 0.883. The number of carbonyl (C=O) groups excluding carboxylic acids is 1. The van der Waals surface area contributed by atoms with Gasteiger partial charge in [-0.05, 0) is 44.2 Å².